The van der Waals surface area contributed by atoms with E-state index in [1.165, 1.54) is 9.80 Å². The van der Waals surface area contributed by atoms with Gasteiger partial charge in [0.05, 0.1) is 68.1 Å². The standard InChI is InChI=1S/C42H44N4O8/c47-19-24-54-31-11-1-26(2-12-31)36-32-13-14-33-37(41(50)45(39(33)48)29-7-3-27(4-8-29)43-15-20-52-21-16-43)34(32)25-35-38(36)42(51)46(40(35)49)30-9-5-28(6-10-30)44-17-22-53-23-18-44/h1-13,33-38,47H,14-25H2/t33-,34+,35+,36-,37-,38+/m0/s1. The van der Waals surface area contributed by atoms with Crippen molar-refractivity contribution in [1.29, 1.82) is 0 Å². The lowest BCUT2D eigenvalue weighted by atomic mass is 9.57. The van der Waals surface area contributed by atoms with Crippen molar-refractivity contribution in [3.63, 3.8) is 0 Å². The van der Waals surface area contributed by atoms with Gasteiger partial charge in [0, 0.05) is 43.5 Å². The van der Waals surface area contributed by atoms with E-state index in [4.69, 9.17) is 14.2 Å². The summed E-state index contributed by atoms with van der Waals surface area (Å²) in [6, 6.07) is 22.6. The van der Waals surface area contributed by atoms with Crippen LogP contribution in [0, 0.1) is 29.6 Å². The first-order valence-electron chi connectivity index (χ1n) is 19.1. The molecule has 4 amide bonds. The van der Waals surface area contributed by atoms with E-state index in [1.54, 1.807) is 0 Å². The van der Waals surface area contributed by atoms with Crippen molar-refractivity contribution in [3.05, 3.63) is 90.0 Å². The number of aliphatic hydroxyl groups excluding tert-OH is 1. The highest BCUT2D eigenvalue weighted by molar-refractivity contribution is 6.24. The first-order chi connectivity index (χ1) is 26.4. The Labute approximate surface area is 313 Å². The van der Waals surface area contributed by atoms with Gasteiger partial charge < -0.3 is 29.1 Å². The number of fused-ring (bicyclic) bond motifs is 4. The number of amides is 4. The van der Waals surface area contributed by atoms with E-state index >= 15 is 0 Å². The molecular weight excluding hydrogens is 688 g/mol. The number of anilines is 4. The van der Waals surface area contributed by atoms with Gasteiger partial charge in [-0.2, -0.15) is 0 Å². The summed E-state index contributed by atoms with van der Waals surface area (Å²) in [4.78, 5) is 64.8. The van der Waals surface area contributed by atoms with E-state index < -0.39 is 35.5 Å². The van der Waals surface area contributed by atoms with Gasteiger partial charge in [0.25, 0.3) is 0 Å². The molecule has 0 radical (unpaired) electrons. The van der Waals surface area contributed by atoms with E-state index in [2.05, 4.69) is 15.9 Å². The van der Waals surface area contributed by atoms with Crippen LogP contribution >= 0.6 is 0 Å². The van der Waals surface area contributed by atoms with Gasteiger partial charge >= 0.3 is 0 Å². The second kappa shape index (κ2) is 14.3. The normalized spacial score (nSPS) is 28.2. The fourth-order valence-corrected chi connectivity index (χ4v) is 9.68. The minimum atomic E-state index is -0.671. The molecule has 4 saturated heterocycles. The molecule has 0 spiro atoms. The minimum absolute atomic E-state index is 0.118. The Morgan fingerprint density at radius 1 is 0.593 bits per heavy atom. The highest BCUT2D eigenvalue weighted by Gasteiger charge is 2.62. The summed E-state index contributed by atoms with van der Waals surface area (Å²) in [6.45, 7) is 5.74. The number of hydrogen-bond donors (Lipinski definition) is 1. The second-order valence-corrected chi connectivity index (χ2v) is 14.9. The Bertz CT molecular complexity index is 1950. The molecule has 3 aromatic carbocycles. The SMILES string of the molecule is O=C1[C@H]2[C@H](CC=C3[C@H]2C[C@H]2C(=O)N(c4ccc(N5CCOCC5)cc4)C(=O)[C@H]2[C@H]3c2ccc(OCCO)cc2)C(=O)N1c1ccc(N2CCOCC2)cc1. The van der Waals surface area contributed by atoms with Gasteiger partial charge in [-0.05, 0) is 85.0 Å². The smallest absolute Gasteiger partial charge is 0.238 e. The van der Waals surface area contributed by atoms with E-state index in [0.29, 0.717) is 56.4 Å². The van der Waals surface area contributed by atoms with Crippen molar-refractivity contribution in [1.82, 2.24) is 0 Å². The van der Waals surface area contributed by atoms with Gasteiger partial charge in [-0.15, -0.1) is 0 Å². The number of morpholine rings is 2. The molecule has 4 aliphatic heterocycles. The summed E-state index contributed by atoms with van der Waals surface area (Å²) in [5.41, 5.74) is 4.87. The number of carbonyl (C=O) groups excluding carboxylic acids is 4. The van der Waals surface area contributed by atoms with Crippen molar-refractivity contribution in [3.8, 4) is 5.75 Å². The number of benzene rings is 3. The third-order valence-electron chi connectivity index (χ3n) is 12.2. The molecule has 1 saturated carbocycles. The summed E-state index contributed by atoms with van der Waals surface area (Å²) >= 11 is 0. The molecule has 2 aliphatic carbocycles. The van der Waals surface area contributed by atoms with Crippen molar-refractivity contribution >= 4 is 46.4 Å². The Morgan fingerprint density at radius 3 is 1.63 bits per heavy atom. The number of rotatable bonds is 8. The molecule has 4 heterocycles. The van der Waals surface area contributed by atoms with Crippen LogP contribution in [0.4, 0.5) is 22.7 Å². The predicted molar refractivity (Wildman–Crippen MR) is 200 cm³/mol. The van der Waals surface area contributed by atoms with Crippen LogP contribution in [-0.4, -0.2) is 94.6 Å². The first kappa shape index (κ1) is 34.7. The van der Waals surface area contributed by atoms with Gasteiger partial charge in [0.2, 0.25) is 23.6 Å². The van der Waals surface area contributed by atoms with Gasteiger partial charge in [-0.25, -0.2) is 0 Å². The molecule has 3 aromatic rings. The van der Waals surface area contributed by atoms with Crippen LogP contribution in [0.5, 0.6) is 5.75 Å². The predicted octanol–water partition coefficient (Wildman–Crippen LogP) is 3.78. The topological polar surface area (TPSA) is 129 Å². The second-order valence-electron chi connectivity index (χ2n) is 14.9. The Hall–Kier alpha value is -5.04. The highest BCUT2D eigenvalue weighted by atomic mass is 16.5. The molecule has 0 bridgehead atoms. The first-order valence-corrected chi connectivity index (χ1v) is 19.1. The summed E-state index contributed by atoms with van der Waals surface area (Å²) in [6.07, 6.45) is 2.75. The fourth-order valence-electron chi connectivity index (χ4n) is 9.68. The zero-order chi connectivity index (χ0) is 36.9. The molecular formula is C42H44N4O8. The van der Waals surface area contributed by atoms with Crippen molar-refractivity contribution in [2.45, 2.75) is 18.8 Å². The molecule has 0 aromatic heterocycles. The summed E-state index contributed by atoms with van der Waals surface area (Å²) in [5.74, 6) is -3.82. The molecule has 0 unspecified atom stereocenters. The van der Waals surface area contributed by atoms with Crippen LogP contribution in [0.3, 0.4) is 0 Å². The van der Waals surface area contributed by atoms with Crippen LogP contribution < -0.4 is 24.3 Å². The van der Waals surface area contributed by atoms with Gasteiger partial charge in [0.1, 0.15) is 12.4 Å². The monoisotopic (exact) mass is 732 g/mol. The zero-order valence-electron chi connectivity index (χ0n) is 30.0. The number of aliphatic hydroxyl groups is 1. The summed E-state index contributed by atoms with van der Waals surface area (Å²) < 4.78 is 16.6. The quantitative estimate of drug-likeness (QED) is 0.270. The number of hydrogen-bond acceptors (Lipinski definition) is 10. The third-order valence-corrected chi connectivity index (χ3v) is 12.2. The molecule has 54 heavy (non-hydrogen) atoms. The number of imide groups is 2. The lowest BCUT2D eigenvalue weighted by Crippen LogP contribution is -2.43. The van der Waals surface area contributed by atoms with Crippen LogP contribution in [0.2, 0.25) is 0 Å². The van der Waals surface area contributed by atoms with Crippen molar-refractivity contribution in [2.75, 3.05) is 85.4 Å². The molecule has 5 fully saturated rings. The largest absolute Gasteiger partial charge is 0.491 e. The summed E-state index contributed by atoms with van der Waals surface area (Å²) in [7, 11) is 0. The molecule has 1 N–H and O–H groups in total. The Morgan fingerprint density at radius 2 is 1.09 bits per heavy atom. The van der Waals surface area contributed by atoms with Crippen LogP contribution in [0.15, 0.2) is 84.4 Å². The van der Waals surface area contributed by atoms with Crippen molar-refractivity contribution < 1.29 is 38.5 Å². The number of carbonyl (C=O) groups is 4. The van der Waals surface area contributed by atoms with Gasteiger partial charge in [-0.3, -0.25) is 29.0 Å². The average Bonchev–Trinajstić information content (AvgIpc) is 3.63. The van der Waals surface area contributed by atoms with E-state index in [9.17, 15) is 24.3 Å². The van der Waals surface area contributed by atoms with Crippen LogP contribution in [0.1, 0.15) is 24.3 Å². The number of ether oxygens (including phenoxy) is 3. The Balaban J connectivity index is 1.04. The molecule has 6 aliphatic rings. The fraction of sp³-hybridized carbons (Fsp3) is 0.429. The van der Waals surface area contributed by atoms with E-state index in [0.717, 1.165) is 48.7 Å². The molecule has 6 atom stereocenters. The zero-order valence-corrected chi connectivity index (χ0v) is 30.0. The number of allylic oxidation sites excluding steroid dienone is 2. The van der Waals surface area contributed by atoms with E-state index in [-0.39, 0.29) is 36.8 Å². The van der Waals surface area contributed by atoms with Gasteiger partial charge in [-0.1, -0.05) is 23.8 Å². The molecule has 280 valence electrons. The Kier molecular flexibility index (Phi) is 9.20. The lowest BCUT2D eigenvalue weighted by molar-refractivity contribution is -0.126. The summed E-state index contributed by atoms with van der Waals surface area (Å²) in [5, 5.41) is 9.27. The molecule has 12 nitrogen and oxygen atoms in total. The maximum absolute atomic E-state index is 14.6. The average molecular weight is 733 g/mol. The van der Waals surface area contributed by atoms with Crippen LogP contribution in [-0.2, 0) is 28.7 Å². The lowest BCUT2D eigenvalue weighted by Gasteiger charge is -2.44. The maximum atomic E-state index is 14.6. The van der Waals surface area contributed by atoms with Gasteiger partial charge in [0.15, 0.2) is 0 Å². The molecule has 12 heteroatoms. The highest BCUT2D eigenvalue weighted by Crippen LogP contribution is 2.58. The van der Waals surface area contributed by atoms with Crippen LogP contribution in [0.25, 0.3) is 0 Å². The van der Waals surface area contributed by atoms with Crippen molar-refractivity contribution in [2.24, 2.45) is 29.6 Å². The molecule has 9 rings (SSSR count). The maximum Gasteiger partial charge on any atom is 0.238 e. The third kappa shape index (κ3) is 5.87. The van der Waals surface area contributed by atoms with E-state index in [1.807, 2.05) is 72.8 Å². The minimum Gasteiger partial charge on any atom is -0.491 e. The number of nitrogens with zero attached hydrogens (tertiary/aromatic N) is 4.